The van der Waals surface area contributed by atoms with E-state index in [-0.39, 0.29) is 17.8 Å². The SMILES string of the molecule is CCCN(CC(F)(F)F)c1cccc(F)c1C(C)=O. The predicted octanol–water partition coefficient (Wildman–Crippen LogP) is 3.81. The number of benzene rings is 1. The van der Waals surface area contributed by atoms with Crippen LogP contribution in [0.15, 0.2) is 18.2 Å². The van der Waals surface area contributed by atoms with Crippen molar-refractivity contribution in [2.24, 2.45) is 0 Å². The Morgan fingerprint density at radius 2 is 1.95 bits per heavy atom. The van der Waals surface area contributed by atoms with Crippen molar-refractivity contribution >= 4 is 11.5 Å². The van der Waals surface area contributed by atoms with E-state index in [0.29, 0.717) is 6.42 Å². The topological polar surface area (TPSA) is 20.3 Å². The summed E-state index contributed by atoms with van der Waals surface area (Å²) in [6, 6.07) is 3.70. The Balaban J connectivity index is 3.22. The third-order valence-electron chi connectivity index (χ3n) is 2.55. The molecule has 0 amide bonds. The third-order valence-corrected chi connectivity index (χ3v) is 2.55. The van der Waals surface area contributed by atoms with Crippen molar-refractivity contribution in [2.75, 3.05) is 18.0 Å². The Morgan fingerprint density at radius 3 is 2.42 bits per heavy atom. The van der Waals surface area contributed by atoms with Crippen molar-refractivity contribution in [3.63, 3.8) is 0 Å². The largest absolute Gasteiger partial charge is 0.405 e. The van der Waals surface area contributed by atoms with Crippen molar-refractivity contribution in [1.82, 2.24) is 0 Å². The first-order valence-electron chi connectivity index (χ1n) is 5.87. The molecule has 6 heteroatoms. The predicted molar refractivity (Wildman–Crippen MR) is 65.0 cm³/mol. The van der Waals surface area contributed by atoms with Gasteiger partial charge in [-0.3, -0.25) is 4.79 Å². The molecule has 0 saturated carbocycles. The number of anilines is 1. The third kappa shape index (κ3) is 4.22. The van der Waals surface area contributed by atoms with Gasteiger partial charge >= 0.3 is 6.18 Å². The molecular weight excluding hydrogens is 262 g/mol. The van der Waals surface area contributed by atoms with Crippen LogP contribution in [0.4, 0.5) is 23.2 Å². The molecule has 0 spiro atoms. The number of nitrogens with zero attached hydrogens (tertiary/aromatic N) is 1. The Hall–Kier alpha value is -1.59. The van der Waals surface area contributed by atoms with Crippen molar-refractivity contribution in [2.45, 2.75) is 26.4 Å². The van der Waals surface area contributed by atoms with Crippen LogP contribution in [0.1, 0.15) is 30.6 Å². The van der Waals surface area contributed by atoms with Crippen LogP contribution < -0.4 is 4.90 Å². The Labute approximate surface area is 109 Å². The smallest absolute Gasteiger partial charge is 0.362 e. The molecule has 0 N–H and O–H groups in total. The number of alkyl halides is 3. The second kappa shape index (κ2) is 6.04. The van der Waals surface area contributed by atoms with Crippen molar-refractivity contribution in [1.29, 1.82) is 0 Å². The van der Waals surface area contributed by atoms with E-state index in [2.05, 4.69) is 0 Å². The maximum atomic E-state index is 13.6. The fraction of sp³-hybridized carbons (Fsp3) is 0.462. The van der Waals surface area contributed by atoms with Crippen LogP contribution in [0, 0.1) is 5.82 Å². The zero-order valence-corrected chi connectivity index (χ0v) is 10.7. The molecule has 0 heterocycles. The Kier molecular flexibility index (Phi) is 4.91. The summed E-state index contributed by atoms with van der Waals surface area (Å²) >= 11 is 0. The van der Waals surface area contributed by atoms with Gasteiger partial charge in [0.2, 0.25) is 0 Å². The molecule has 0 aliphatic heterocycles. The van der Waals surface area contributed by atoms with Crippen molar-refractivity contribution in [3.05, 3.63) is 29.6 Å². The maximum absolute atomic E-state index is 13.6. The van der Waals surface area contributed by atoms with Crippen LogP contribution >= 0.6 is 0 Å². The van der Waals surface area contributed by atoms with E-state index in [4.69, 9.17) is 0 Å². The van der Waals surface area contributed by atoms with Gasteiger partial charge in [-0.15, -0.1) is 0 Å². The van der Waals surface area contributed by atoms with Crippen molar-refractivity contribution < 1.29 is 22.4 Å². The quantitative estimate of drug-likeness (QED) is 0.602. The molecule has 0 radical (unpaired) electrons. The fourth-order valence-corrected chi connectivity index (χ4v) is 1.90. The molecule has 0 saturated heterocycles. The van der Waals surface area contributed by atoms with Gasteiger partial charge in [0.1, 0.15) is 12.4 Å². The van der Waals surface area contributed by atoms with E-state index in [1.165, 1.54) is 12.1 Å². The van der Waals surface area contributed by atoms with Crippen LogP contribution in [0.5, 0.6) is 0 Å². The van der Waals surface area contributed by atoms with Gasteiger partial charge in [-0.1, -0.05) is 13.0 Å². The molecule has 106 valence electrons. The van der Waals surface area contributed by atoms with Crippen LogP contribution in [0.25, 0.3) is 0 Å². The molecule has 0 atom stereocenters. The zero-order chi connectivity index (χ0) is 14.6. The first-order valence-corrected chi connectivity index (χ1v) is 5.87. The number of Topliss-reactive ketones (excluding diaryl/α,β-unsaturated/α-hetero) is 1. The molecule has 1 rings (SSSR count). The lowest BCUT2D eigenvalue weighted by Gasteiger charge is -2.27. The average molecular weight is 277 g/mol. The summed E-state index contributed by atoms with van der Waals surface area (Å²) in [7, 11) is 0. The van der Waals surface area contributed by atoms with Gasteiger partial charge in [0.05, 0.1) is 11.3 Å². The summed E-state index contributed by atoms with van der Waals surface area (Å²) in [5, 5.41) is 0. The van der Waals surface area contributed by atoms with E-state index in [1.807, 2.05) is 0 Å². The highest BCUT2D eigenvalue weighted by Crippen LogP contribution is 2.27. The van der Waals surface area contributed by atoms with Crippen LogP contribution in [-0.2, 0) is 0 Å². The maximum Gasteiger partial charge on any atom is 0.405 e. The van der Waals surface area contributed by atoms with Gasteiger partial charge < -0.3 is 4.90 Å². The van der Waals surface area contributed by atoms with E-state index in [9.17, 15) is 22.4 Å². The van der Waals surface area contributed by atoms with Gasteiger partial charge in [-0.2, -0.15) is 13.2 Å². The minimum absolute atomic E-state index is 0.00771. The molecular formula is C13H15F4NO. The number of carbonyl (C=O) groups is 1. The van der Waals surface area contributed by atoms with Crippen LogP contribution in [0.2, 0.25) is 0 Å². The lowest BCUT2D eigenvalue weighted by molar-refractivity contribution is -0.119. The molecule has 1 aromatic rings. The number of halogens is 4. The molecule has 1 aromatic carbocycles. The van der Waals surface area contributed by atoms with Crippen LogP contribution in [-0.4, -0.2) is 25.0 Å². The number of hydrogen-bond acceptors (Lipinski definition) is 2. The first-order chi connectivity index (χ1) is 8.76. The number of carbonyl (C=O) groups excluding carboxylic acids is 1. The van der Waals surface area contributed by atoms with Gasteiger partial charge in [0.15, 0.2) is 5.78 Å². The molecule has 0 unspecified atom stereocenters. The molecule has 19 heavy (non-hydrogen) atoms. The van der Waals surface area contributed by atoms with Gasteiger partial charge in [0, 0.05) is 6.54 Å². The zero-order valence-electron chi connectivity index (χ0n) is 10.7. The van der Waals surface area contributed by atoms with E-state index in [1.54, 1.807) is 6.92 Å². The summed E-state index contributed by atoms with van der Waals surface area (Å²) in [6.45, 7) is 1.75. The average Bonchev–Trinajstić information content (AvgIpc) is 2.25. The molecule has 0 aliphatic carbocycles. The fourth-order valence-electron chi connectivity index (χ4n) is 1.90. The van der Waals surface area contributed by atoms with Gasteiger partial charge in [-0.05, 0) is 25.5 Å². The number of hydrogen-bond donors (Lipinski definition) is 0. The molecule has 0 fully saturated rings. The standard InChI is InChI=1S/C13H15F4NO/c1-3-7-18(8-13(15,16)17)11-6-4-5-10(14)12(11)9(2)19/h4-6H,3,7-8H2,1-2H3. The minimum Gasteiger partial charge on any atom is -0.362 e. The Bertz CT molecular complexity index is 456. The molecule has 2 nitrogen and oxygen atoms in total. The monoisotopic (exact) mass is 277 g/mol. The lowest BCUT2D eigenvalue weighted by atomic mass is 10.1. The lowest BCUT2D eigenvalue weighted by Crippen LogP contribution is -2.35. The minimum atomic E-state index is -4.41. The molecule has 0 aromatic heterocycles. The van der Waals surface area contributed by atoms with Crippen molar-refractivity contribution in [3.8, 4) is 0 Å². The van der Waals surface area contributed by atoms with Gasteiger partial charge in [0.25, 0.3) is 0 Å². The highest BCUT2D eigenvalue weighted by Gasteiger charge is 2.32. The highest BCUT2D eigenvalue weighted by molar-refractivity contribution is 6.00. The summed E-state index contributed by atoms with van der Waals surface area (Å²) in [5.74, 6) is -1.38. The van der Waals surface area contributed by atoms with E-state index in [0.717, 1.165) is 17.9 Å². The van der Waals surface area contributed by atoms with Crippen LogP contribution in [0.3, 0.4) is 0 Å². The second-order valence-electron chi connectivity index (χ2n) is 4.23. The summed E-state index contributed by atoms with van der Waals surface area (Å²) in [6.07, 6.45) is -3.94. The summed E-state index contributed by atoms with van der Waals surface area (Å²) in [5.41, 5.74) is -0.299. The highest BCUT2D eigenvalue weighted by atomic mass is 19.4. The normalized spacial score (nSPS) is 11.5. The number of rotatable bonds is 5. The first kappa shape index (κ1) is 15.5. The Morgan fingerprint density at radius 1 is 1.32 bits per heavy atom. The van der Waals surface area contributed by atoms with E-state index >= 15 is 0 Å². The molecule has 0 aliphatic rings. The van der Waals surface area contributed by atoms with Gasteiger partial charge in [-0.25, -0.2) is 4.39 Å². The summed E-state index contributed by atoms with van der Waals surface area (Å²) in [4.78, 5) is 12.4. The molecule has 0 bridgehead atoms. The van der Waals surface area contributed by atoms with E-state index < -0.39 is 24.3 Å². The number of ketones is 1. The summed E-state index contributed by atoms with van der Waals surface area (Å²) < 4.78 is 51.2. The second-order valence-corrected chi connectivity index (χ2v) is 4.23.